The molecule has 4 nitrogen and oxygen atoms in total. The Morgan fingerprint density at radius 3 is 3.17 bits per heavy atom. The first-order valence-electron chi connectivity index (χ1n) is 3.51. The van der Waals surface area contributed by atoms with Crippen molar-refractivity contribution < 1.29 is 0 Å². The molecule has 2 heterocycles. The van der Waals surface area contributed by atoms with Gasteiger partial charge in [0.25, 0.3) is 0 Å². The summed E-state index contributed by atoms with van der Waals surface area (Å²) in [5.74, 6) is 0.918. The monoisotopic (exact) mass is 201 g/mol. The molecular weight excluding hydrogens is 194 g/mol. The van der Waals surface area contributed by atoms with Gasteiger partial charge in [0, 0.05) is 19.3 Å². The van der Waals surface area contributed by atoms with Gasteiger partial charge in [-0.1, -0.05) is 11.8 Å². The van der Waals surface area contributed by atoms with E-state index in [2.05, 4.69) is 4.98 Å². The fourth-order valence-corrected chi connectivity index (χ4v) is 2.25. The summed E-state index contributed by atoms with van der Waals surface area (Å²) in [7, 11) is 1.65. The van der Waals surface area contributed by atoms with Crippen LogP contribution >= 0.6 is 24.0 Å². The molecule has 0 amide bonds. The van der Waals surface area contributed by atoms with Crippen LogP contribution in [0.2, 0.25) is 0 Å². The van der Waals surface area contributed by atoms with Crippen molar-refractivity contribution in [1.29, 1.82) is 0 Å². The quantitative estimate of drug-likeness (QED) is 0.570. The molecule has 0 bridgehead atoms. The van der Waals surface area contributed by atoms with Crippen LogP contribution in [0.1, 0.15) is 0 Å². The molecule has 0 unspecified atom stereocenters. The van der Waals surface area contributed by atoms with Gasteiger partial charge in [0.05, 0.1) is 0 Å². The van der Waals surface area contributed by atoms with Gasteiger partial charge >= 0.3 is 5.69 Å². The van der Waals surface area contributed by atoms with Gasteiger partial charge in [-0.2, -0.15) is 4.98 Å². The fraction of sp³-hybridized carbons (Fsp3) is 0.500. The molecule has 1 aromatic rings. The Balaban J connectivity index is 2.85. The third kappa shape index (κ3) is 1.02. The second-order valence-corrected chi connectivity index (χ2v) is 3.95. The van der Waals surface area contributed by atoms with Crippen molar-refractivity contribution >= 4 is 24.0 Å². The van der Waals surface area contributed by atoms with E-state index in [9.17, 15) is 4.79 Å². The summed E-state index contributed by atoms with van der Waals surface area (Å²) in [6, 6.07) is 0. The highest BCUT2D eigenvalue weighted by atomic mass is 32.2. The molecule has 0 aliphatic carbocycles. The van der Waals surface area contributed by atoms with Crippen molar-refractivity contribution in [3.63, 3.8) is 0 Å². The van der Waals surface area contributed by atoms with E-state index >= 15 is 0 Å². The Bertz CT molecular complexity index is 433. The van der Waals surface area contributed by atoms with Crippen molar-refractivity contribution in [1.82, 2.24) is 14.1 Å². The normalized spacial score (nSPS) is 14.8. The van der Waals surface area contributed by atoms with E-state index in [-0.39, 0.29) is 5.69 Å². The summed E-state index contributed by atoms with van der Waals surface area (Å²) in [6.45, 7) is 0.745. The van der Waals surface area contributed by atoms with Crippen molar-refractivity contribution in [3.05, 3.63) is 15.3 Å². The van der Waals surface area contributed by atoms with E-state index in [1.165, 1.54) is 4.57 Å². The van der Waals surface area contributed by atoms with Crippen LogP contribution in [0.5, 0.6) is 0 Å². The van der Waals surface area contributed by atoms with Crippen LogP contribution in [0.25, 0.3) is 0 Å². The minimum atomic E-state index is -0.0602. The van der Waals surface area contributed by atoms with Gasteiger partial charge in [0.2, 0.25) is 4.77 Å². The van der Waals surface area contributed by atoms with Gasteiger partial charge in [0.15, 0.2) is 5.16 Å². The zero-order chi connectivity index (χ0) is 8.72. The maximum absolute atomic E-state index is 11.5. The minimum Gasteiger partial charge on any atom is -0.272 e. The average Bonchev–Trinajstić information content (AvgIpc) is 2.48. The number of rotatable bonds is 0. The second-order valence-electron chi connectivity index (χ2n) is 2.52. The third-order valence-corrected chi connectivity index (χ3v) is 3.09. The molecule has 0 saturated carbocycles. The lowest BCUT2D eigenvalue weighted by atomic mass is 10.7. The molecule has 2 rings (SSSR count). The van der Waals surface area contributed by atoms with E-state index in [0.717, 1.165) is 17.5 Å². The first-order valence-corrected chi connectivity index (χ1v) is 4.90. The molecule has 1 aliphatic rings. The number of nitrogens with zero attached hydrogens (tertiary/aromatic N) is 3. The van der Waals surface area contributed by atoms with Gasteiger partial charge in [-0.05, 0) is 12.2 Å². The summed E-state index contributed by atoms with van der Waals surface area (Å²) < 4.78 is 3.41. The van der Waals surface area contributed by atoms with E-state index in [1.807, 2.05) is 0 Å². The van der Waals surface area contributed by atoms with E-state index in [4.69, 9.17) is 12.2 Å². The van der Waals surface area contributed by atoms with Crippen LogP contribution < -0.4 is 5.69 Å². The molecule has 0 atom stereocenters. The lowest BCUT2D eigenvalue weighted by Crippen LogP contribution is -2.29. The highest BCUT2D eigenvalue weighted by Crippen LogP contribution is 2.19. The third-order valence-electron chi connectivity index (χ3n) is 1.77. The van der Waals surface area contributed by atoms with Crippen LogP contribution in [0.4, 0.5) is 0 Å². The largest absolute Gasteiger partial charge is 0.332 e. The van der Waals surface area contributed by atoms with Crippen LogP contribution in [-0.2, 0) is 13.6 Å². The molecule has 12 heavy (non-hydrogen) atoms. The average molecular weight is 201 g/mol. The fourth-order valence-electron chi connectivity index (χ4n) is 1.09. The predicted molar refractivity (Wildman–Crippen MR) is 49.0 cm³/mol. The standard InChI is InChI=1S/C6H7N3OS2/c1-8-4(11)7-5-9(6(8)10)2-3-12-5/h2-3H2,1H3. The van der Waals surface area contributed by atoms with Crippen LogP contribution in [0, 0.1) is 4.77 Å². The van der Waals surface area contributed by atoms with Crippen molar-refractivity contribution in [2.45, 2.75) is 11.7 Å². The van der Waals surface area contributed by atoms with Gasteiger partial charge in [-0.3, -0.25) is 9.13 Å². The Hall–Kier alpha value is -0.620. The van der Waals surface area contributed by atoms with Gasteiger partial charge in [-0.15, -0.1) is 0 Å². The molecule has 64 valence electrons. The van der Waals surface area contributed by atoms with E-state index in [0.29, 0.717) is 4.77 Å². The topological polar surface area (TPSA) is 39.8 Å². The van der Waals surface area contributed by atoms with Crippen molar-refractivity contribution in [2.24, 2.45) is 7.05 Å². The number of aromatic nitrogens is 3. The Morgan fingerprint density at radius 2 is 2.42 bits per heavy atom. The maximum Gasteiger partial charge on any atom is 0.332 e. The SMILES string of the molecule is Cn1c(=S)nc2n(c1=O)CCS2. The highest BCUT2D eigenvalue weighted by molar-refractivity contribution is 7.99. The molecule has 0 saturated heterocycles. The number of hydrogen-bond donors (Lipinski definition) is 0. The van der Waals surface area contributed by atoms with Crippen molar-refractivity contribution in [3.8, 4) is 0 Å². The summed E-state index contributed by atoms with van der Waals surface area (Å²) in [5, 5.41) is 0.753. The first kappa shape index (κ1) is 8.00. The number of thioether (sulfide) groups is 1. The molecule has 6 heteroatoms. The van der Waals surface area contributed by atoms with E-state index < -0.39 is 0 Å². The van der Waals surface area contributed by atoms with Crippen LogP contribution in [0.15, 0.2) is 9.95 Å². The minimum absolute atomic E-state index is 0.0602. The summed E-state index contributed by atoms with van der Waals surface area (Å²) in [6.07, 6.45) is 0. The van der Waals surface area contributed by atoms with Crippen molar-refractivity contribution in [2.75, 3.05) is 5.75 Å². The molecule has 1 aromatic heterocycles. The molecule has 0 spiro atoms. The summed E-state index contributed by atoms with van der Waals surface area (Å²) >= 11 is 6.48. The molecule has 0 fully saturated rings. The summed E-state index contributed by atoms with van der Waals surface area (Å²) in [4.78, 5) is 15.6. The van der Waals surface area contributed by atoms with Crippen LogP contribution in [-0.4, -0.2) is 19.9 Å². The first-order chi connectivity index (χ1) is 5.70. The summed E-state index contributed by atoms with van der Waals surface area (Å²) in [5.41, 5.74) is -0.0602. The highest BCUT2D eigenvalue weighted by Gasteiger charge is 2.14. The van der Waals surface area contributed by atoms with E-state index in [1.54, 1.807) is 23.4 Å². The van der Waals surface area contributed by atoms with Gasteiger partial charge in [-0.25, -0.2) is 4.79 Å². The van der Waals surface area contributed by atoms with Gasteiger partial charge < -0.3 is 0 Å². The Labute approximate surface area is 78.2 Å². The predicted octanol–water partition coefficient (Wildman–Crippen LogP) is 0.417. The maximum atomic E-state index is 11.5. The molecular formula is C6H7N3OS2. The molecule has 0 N–H and O–H groups in total. The Morgan fingerprint density at radius 1 is 1.67 bits per heavy atom. The zero-order valence-corrected chi connectivity index (χ0v) is 8.11. The smallest absolute Gasteiger partial charge is 0.272 e. The lowest BCUT2D eigenvalue weighted by Gasteiger charge is -2.02. The van der Waals surface area contributed by atoms with Crippen LogP contribution in [0.3, 0.4) is 0 Å². The lowest BCUT2D eigenvalue weighted by molar-refractivity contribution is 0.565. The molecule has 1 aliphatic heterocycles. The molecule has 0 aromatic carbocycles. The molecule has 0 radical (unpaired) electrons. The Kier molecular flexibility index (Phi) is 1.80. The second kappa shape index (κ2) is 2.70. The number of fused-ring (bicyclic) bond motifs is 1. The van der Waals surface area contributed by atoms with Gasteiger partial charge in [0.1, 0.15) is 0 Å². The number of hydrogen-bond acceptors (Lipinski definition) is 4. The zero-order valence-electron chi connectivity index (χ0n) is 6.48.